The van der Waals surface area contributed by atoms with Crippen molar-refractivity contribution in [2.45, 2.75) is 20.0 Å². The zero-order valence-electron chi connectivity index (χ0n) is 13.6. The lowest BCUT2D eigenvalue weighted by atomic mass is 10.1. The van der Waals surface area contributed by atoms with E-state index in [0.717, 1.165) is 4.88 Å². The molecule has 2 aromatic heterocycles. The van der Waals surface area contributed by atoms with Gasteiger partial charge in [-0.3, -0.25) is 4.79 Å². The fraction of sp³-hybridized carbons (Fsp3) is 0.250. The van der Waals surface area contributed by atoms with Gasteiger partial charge in [-0.15, -0.1) is 21.5 Å². The first kappa shape index (κ1) is 17.5. The number of rotatable bonds is 5. The summed E-state index contributed by atoms with van der Waals surface area (Å²) in [6.07, 6.45) is 0. The Morgan fingerprint density at radius 2 is 2.16 bits per heavy atom. The minimum atomic E-state index is -0.290. The van der Waals surface area contributed by atoms with Crippen molar-refractivity contribution in [1.82, 2.24) is 25.1 Å². The smallest absolute Gasteiger partial charge is 0.246 e. The lowest BCUT2D eigenvalue weighted by Crippen LogP contribution is -2.30. The van der Waals surface area contributed by atoms with Crippen LogP contribution in [0.5, 0.6) is 0 Å². The monoisotopic (exact) mass is 379 g/mol. The molecular formula is C16H15ClFN5OS. The van der Waals surface area contributed by atoms with Crippen molar-refractivity contribution in [3.05, 3.63) is 50.9 Å². The Morgan fingerprint density at radius 1 is 1.36 bits per heavy atom. The summed E-state index contributed by atoms with van der Waals surface area (Å²) in [7, 11) is 1.71. The number of halogens is 2. The van der Waals surface area contributed by atoms with Gasteiger partial charge in [0.1, 0.15) is 12.4 Å². The van der Waals surface area contributed by atoms with E-state index >= 15 is 0 Å². The zero-order chi connectivity index (χ0) is 18.0. The molecule has 3 rings (SSSR count). The van der Waals surface area contributed by atoms with E-state index in [1.807, 2.05) is 6.07 Å². The van der Waals surface area contributed by atoms with Gasteiger partial charge in [-0.2, -0.15) is 4.80 Å². The Labute approximate surface area is 152 Å². The number of carbonyl (C=O) groups is 1. The highest BCUT2D eigenvalue weighted by Gasteiger charge is 2.14. The first-order chi connectivity index (χ1) is 11.9. The summed E-state index contributed by atoms with van der Waals surface area (Å²) >= 11 is 7.33. The summed E-state index contributed by atoms with van der Waals surface area (Å²) in [4.78, 5) is 16.1. The summed E-state index contributed by atoms with van der Waals surface area (Å²) < 4.78 is 14.0. The second-order valence-corrected chi connectivity index (χ2v) is 7.36. The molecule has 0 saturated heterocycles. The third kappa shape index (κ3) is 4.21. The van der Waals surface area contributed by atoms with Crippen molar-refractivity contribution in [1.29, 1.82) is 0 Å². The molecule has 9 heteroatoms. The molecule has 0 fully saturated rings. The van der Waals surface area contributed by atoms with Crippen molar-refractivity contribution in [3.8, 4) is 11.4 Å². The molecular weight excluding hydrogens is 365 g/mol. The van der Waals surface area contributed by atoms with Gasteiger partial charge in [-0.1, -0.05) is 11.6 Å². The summed E-state index contributed by atoms with van der Waals surface area (Å²) in [6, 6.07) is 8.27. The van der Waals surface area contributed by atoms with E-state index in [-0.39, 0.29) is 18.3 Å². The fourth-order valence-electron chi connectivity index (χ4n) is 2.21. The number of amides is 1. The van der Waals surface area contributed by atoms with E-state index in [1.54, 1.807) is 37.1 Å². The standard InChI is InChI=1S/C16H15ClFN5OS/c1-10-7-11(3-5-13(10)18)16-19-21-23(20-16)9-15(24)22(2)8-12-4-6-14(17)25-12/h3-7H,8-9H2,1-2H3. The first-order valence-electron chi connectivity index (χ1n) is 7.45. The van der Waals surface area contributed by atoms with Crippen LogP contribution in [-0.2, 0) is 17.9 Å². The van der Waals surface area contributed by atoms with Crippen molar-refractivity contribution in [3.63, 3.8) is 0 Å². The number of benzene rings is 1. The van der Waals surface area contributed by atoms with E-state index in [9.17, 15) is 9.18 Å². The van der Waals surface area contributed by atoms with Gasteiger partial charge in [0.05, 0.1) is 10.9 Å². The van der Waals surface area contributed by atoms with Crippen LogP contribution in [0.1, 0.15) is 10.4 Å². The van der Waals surface area contributed by atoms with E-state index in [2.05, 4.69) is 15.4 Å². The zero-order valence-corrected chi connectivity index (χ0v) is 15.2. The molecule has 0 aliphatic rings. The summed E-state index contributed by atoms with van der Waals surface area (Å²) in [5, 5.41) is 12.0. The fourth-order valence-corrected chi connectivity index (χ4v) is 3.35. The maximum absolute atomic E-state index is 13.3. The molecule has 6 nitrogen and oxygen atoms in total. The number of carbonyl (C=O) groups excluding carboxylic acids is 1. The molecule has 0 bridgehead atoms. The van der Waals surface area contributed by atoms with Gasteiger partial charge in [0.15, 0.2) is 0 Å². The average Bonchev–Trinajstić information content (AvgIpc) is 3.19. The van der Waals surface area contributed by atoms with Crippen LogP contribution in [-0.4, -0.2) is 38.1 Å². The molecule has 0 aliphatic carbocycles. The first-order valence-corrected chi connectivity index (χ1v) is 8.64. The van der Waals surface area contributed by atoms with Crippen LogP contribution in [0.15, 0.2) is 30.3 Å². The molecule has 2 heterocycles. The van der Waals surface area contributed by atoms with Crippen LogP contribution >= 0.6 is 22.9 Å². The van der Waals surface area contributed by atoms with Gasteiger partial charge in [0.25, 0.3) is 0 Å². The van der Waals surface area contributed by atoms with Crippen LogP contribution in [0, 0.1) is 12.7 Å². The Morgan fingerprint density at radius 3 is 2.84 bits per heavy atom. The van der Waals surface area contributed by atoms with E-state index in [1.165, 1.54) is 22.2 Å². The van der Waals surface area contributed by atoms with Gasteiger partial charge < -0.3 is 4.90 Å². The second kappa shape index (κ2) is 7.28. The van der Waals surface area contributed by atoms with Crippen molar-refractivity contribution >= 4 is 28.8 Å². The minimum Gasteiger partial charge on any atom is -0.339 e. The highest BCUT2D eigenvalue weighted by molar-refractivity contribution is 7.16. The van der Waals surface area contributed by atoms with Gasteiger partial charge in [0.2, 0.25) is 11.7 Å². The SMILES string of the molecule is Cc1cc(-c2nnn(CC(=O)N(C)Cc3ccc(Cl)s3)n2)ccc1F. The number of aryl methyl sites for hydroxylation is 1. The third-order valence-corrected chi connectivity index (χ3v) is 4.81. The van der Waals surface area contributed by atoms with Crippen LogP contribution in [0.4, 0.5) is 4.39 Å². The van der Waals surface area contributed by atoms with Gasteiger partial charge >= 0.3 is 0 Å². The number of hydrogen-bond acceptors (Lipinski definition) is 5. The van der Waals surface area contributed by atoms with Crippen molar-refractivity contribution in [2.24, 2.45) is 0 Å². The van der Waals surface area contributed by atoms with E-state index < -0.39 is 0 Å². The Kier molecular flexibility index (Phi) is 5.10. The van der Waals surface area contributed by atoms with Crippen molar-refractivity contribution in [2.75, 3.05) is 7.05 Å². The second-order valence-electron chi connectivity index (χ2n) is 5.56. The highest BCUT2D eigenvalue weighted by atomic mass is 35.5. The maximum atomic E-state index is 13.3. The molecule has 25 heavy (non-hydrogen) atoms. The molecule has 0 aliphatic heterocycles. The van der Waals surface area contributed by atoms with Crippen LogP contribution in [0.25, 0.3) is 11.4 Å². The number of likely N-dealkylation sites (N-methyl/N-ethyl adjacent to an activating group) is 1. The number of hydrogen-bond donors (Lipinski definition) is 0. The number of thiophene rings is 1. The molecule has 0 unspecified atom stereocenters. The molecule has 0 saturated carbocycles. The minimum absolute atomic E-state index is 0.0250. The molecule has 1 amide bonds. The number of tetrazole rings is 1. The summed E-state index contributed by atoms with van der Waals surface area (Å²) in [6.45, 7) is 2.11. The molecule has 0 spiro atoms. The van der Waals surface area contributed by atoms with Crippen LogP contribution in [0.3, 0.4) is 0 Å². The topological polar surface area (TPSA) is 63.9 Å². The predicted octanol–water partition coefficient (Wildman–Crippen LogP) is 3.16. The number of aromatic nitrogens is 4. The van der Waals surface area contributed by atoms with Crippen LogP contribution in [0.2, 0.25) is 4.34 Å². The largest absolute Gasteiger partial charge is 0.339 e. The summed E-state index contributed by atoms with van der Waals surface area (Å²) in [5.41, 5.74) is 1.15. The lowest BCUT2D eigenvalue weighted by Gasteiger charge is -2.15. The average molecular weight is 380 g/mol. The van der Waals surface area contributed by atoms with Crippen molar-refractivity contribution < 1.29 is 9.18 Å². The van der Waals surface area contributed by atoms with E-state index in [4.69, 9.17) is 11.6 Å². The quantitative estimate of drug-likeness (QED) is 0.683. The molecule has 0 radical (unpaired) electrons. The third-order valence-electron chi connectivity index (χ3n) is 3.59. The Balaban J connectivity index is 1.66. The molecule has 130 valence electrons. The normalized spacial score (nSPS) is 10.9. The molecule has 0 N–H and O–H groups in total. The lowest BCUT2D eigenvalue weighted by molar-refractivity contribution is -0.131. The van der Waals surface area contributed by atoms with Gasteiger partial charge in [-0.05, 0) is 48.0 Å². The summed E-state index contributed by atoms with van der Waals surface area (Å²) in [5.74, 6) is -0.0889. The van der Waals surface area contributed by atoms with Crippen LogP contribution < -0.4 is 0 Å². The Hall–Kier alpha value is -2.32. The molecule has 3 aromatic rings. The highest BCUT2D eigenvalue weighted by Crippen LogP contribution is 2.22. The maximum Gasteiger partial charge on any atom is 0.246 e. The van der Waals surface area contributed by atoms with Gasteiger partial charge in [-0.25, -0.2) is 4.39 Å². The Bertz CT molecular complexity index is 910. The molecule has 0 atom stereocenters. The predicted molar refractivity (Wildman–Crippen MR) is 93.8 cm³/mol. The molecule has 1 aromatic carbocycles. The van der Waals surface area contributed by atoms with E-state index in [0.29, 0.717) is 27.8 Å². The number of nitrogens with zero attached hydrogens (tertiary/aromatic N) is 5. The van der Waals surface area contributed by atoms with Gasteiger partial charge in [0, 0.05) is 17.5 Å².